The molecule has 0 atom stereocenters. The van der Waals surface area contributed by atoms with E-state index in [9.17, 15) is 4.79 Å². The van der Waals surface area contributed by atoms with E-state index in [1.807, 2.05) is 54.6 Å². The molecule has 3 rings (SSSR count). The zero-order valence-electron chi connectivity index (χ0n) is 12.2. The fraction of sp³-hybridized carbons (Fsp3) is 0.111. The number of allylic oxidation sites excluding steroid dienone is 1. The summed E-state index contributed by atoms with van der Waals surface area (Å²) in [7, 11) is 0. The number of para-hydroxylation sites is 1. The van der Waals surface area contributed by atoms with Gasteiger partial charge in [0.25, 0.3) is 0 Å². The number of fused-ring (bicyclic) bond motifs is 1. The molecular formula is C18H14BrNO2S. The molecule has 23 heavy (non-hydrogen) atoms. The molecule has 1 heterocycles. The molecule has 0 amide bonds. The van der Waals surface area contributed by atoms with Crippen LogP contribution in [-0.4, -0.2) is 16.1 Å². The van der Waals surface area contributed by atoms with Crippen molar-refractivity contribution in [3.8, 4) is 0 Å². The molecule has 5 heteroatoms. The normalized spacial score (nSPS) is 11.8. The highest BCUT2D eigenvalue weighted by Crippen LogP contribution is 2.31. The highest BCUT2D eigenvalue weighted by molar-refractivity contribution is 9.10. The Morgan fingerprint density at radius 1 is 1.13 bits per heavy atom. The van der Waals surface area contributed by atoms with E-state index in [1.54, 1.807) is 11.3 Å². The second kappa shape index (κ2) is 7.06. The number of thiazole rings is 1. The van der Waals surface area contributed by atoms with Crippen molar-refractivity contribution in [1.82, 2.24) is 4.98 Å². The smallest absolute Gasteiger partial charge is 0.303 e. The number of aliphatic carboxylic acids is 1. The molecule has 0 saturated carbocycles. The first-order valence-electron chi connectivity index (χ1n) is 7.16. The van der Waals surface area contributed by atoms with Crippen LogP contribution in [0.15, 0.2) is 53.0 Å². The maximum absolute atomic E-state index is 11.0. The lowest BCUT2D eigenvalue weighted by Gasteiger charge is -2.03. The van der Waals surface area contributed by atoms with Crippen molar-refractivity contribution < 1.29 is 9.90 Å². The molecule has 0 spiro atoms. The molecule has 0 aliphatic rings. The Kier molecular flexibility index (Phi) is 4.88. The number of carboxylic acid groups (broad SMARTS) is 1. The van der Waals surface area contributed by atoms with E-state index in [1.165, 1.54) is 0 Å². The first kappa shape index (κ1) is 15.9. The Hall–Kier alpha value is -1.98. The van der Waals surface area contributed by atoms with E-state index in [0.717, 1.165) is 30.8 Å². The summed E-state index contributed by atoms with van der Waals surface area (Å²) < 4.78 is 2.13. The lowest BCUT2D eigenvalue weighted by molar-refractivity contribution is -0.136. The van der Waals surface area contributed by atoms with Crippen LogP contribution >= 0.6 is 27.3 Å². The third-order valence-corrected chi connectivity index (χ3v) is 5.03. The third-order valence-electron chi connectivity index (χ3n) is 3.39. The molecule has 0 aliphatic heterocycles. The highest BCUT2D eigenvalue weighted by Gasteiger charge is 2.11. The summed E-state index contributed by atoms with van der Waals surface area (Å²) in [6.07, 6.45) is 2.58. The number of hydrogen-bond acceptors (Lipinski definition) is 3. The van der Waals surface area contributed by atoms with E-state index >= 15 is 0 Å². The fourth-order valence-electron chi connectivity index (χ4n) is 2.25. The molecule has 0 saturated heterocycles. The van der Waals surface area contributed by atoms with Crippen LogP contribution in [0, 0.1) is 0 Å². The molecule has 2 aromatic carbocycles. The minimum absolute atomic E-state index is 0.0955. The van der Waals surface area contributed by atoms with Crippen molar-refractivity contribution in [3.63, 3.8) is 0 Å². The molecule has 0 unspecified atom stereocenters. The molecule has 1 N–H and O–H groups in total. The number of carboxylic acids is 1. The number of aromatic nitrogens is 1. The standard InChI is InChI=1S/C18H14BrNO2S/c19-14-8-5-12(6-9-14)11-13(7-10-17(21)22)18-20-15-3-1-2-4-16(15)23-18/h1-6,8-9,11H,7,10H2,(H,21,22). The average molecular weight is 388 g/mol. The summed E-state index contributed by atoms with van der Waals surface area (Å²) in [5, 5.41) is 9.89. The van der Waals surface area contributed by atoms with Gasteiger partial charge in [-0.1, -0.05) is 40.2 Å². The molecule has 0 fully saturated rings. The van der Waals surface area contributed by atoms with Gasteiger partial charge < -0.3 is 5.11 Å². The van der Waals surface area contributed by atoms with Gasteiger partial charge in [0.1, 0.15) is 5.01 Å². The second-order valence-corrected chi connectivity index (χ2v) is 7.05. The van der Waals surface area contributed by atoms with Gasteiger partial charge in [0.05, 0.1) is 10.2 Å². The van der Waals surface area contributed by atoms with Crippen molar-refractivity contribution in [2.24, 2.45) is 0 Å². The minimum atomic E-state index is -0.798. The van der Waals surface area contributed by atoms with Crippen LogP contribution in [-0.2, 0) is 4.79 Å². The predicted octanol–water partition coefficient (Wildman–Crippen LogP) is 5.46. The summed E-state index contributed by atoms with van der Waals surface area (Å²) in [6, 6.07) is 15.9. The van der Waals surface area contributed by atoms with Gasteiger partial charge >= 0.3 is 5.97 Å². The molecule has 3 nitrogen and oxygen atoms in total. The van der Waals surface area contributed by atoms with E-state index in [4.69, 9.17) is 5.11 Å². The Bertz CT molecular complexity index is 835. The lowest BCUT2D eigenvalue weighted by Crippen LogP contribution is -1.95. The van der Waals surface area contributed by atoms with Crippen molar-refractivity contribution in [3.05, 3.63) is 63.6 Å². The van der Waals surface area contributed by atoms with Gasteiger partial charge in [0.15, 0.2) is 0 Å². The fourth-order valence-corrected chi connectivity index (χ4v) is 3.53. The van der Waals surface area contributed by atoms with Crippen LogP contribution < -0.4 is 0 Å². The molecule has 3 aromatic rings. The Morgan fingerprint density at radius 2 is 1.87 bits per heavy atom. The van der Waals surface area contributed by atoms with Gasteiger partial charge in [0, 0.05) is 10.9 Å². The molecule has 0 bridgehead atoms. The topological polar surface area (TPSA) is 50.2 Å². The van der Waals surface area contributed by atoms with Gasteiger partial charge in [-0.3, -0.25) is 4.79 Å². The quantitative estimate of drug-likeness (QED) is 0.631. The largest absolute Gasteiger partial charge is 0.481 e. The molecule has 0 aliphatic carbocycles. The van der Waals surface area contributed by atoms with Gasteiger partial charge in [-0.2, -0.15) is 0 Å². The third kappa shape index (κ3) is 4.06. The first-order chi connectivity index (χ1) is 11.1. The minimum Gasteiger partial charge on any atom is -0.481 e. The monoisotopic (exact) mass is 387 g/mol. The van der Waals surface area contributed by atoms with E-state index in [-0.39, 0.29) is 6.42 Å². The van der Waals surface area contributed by atoms with E-state index in [0.29, 0.717) is 6.42 Å². The molecular weight excluding hydrogens is 374 g/mol. The number of hydrogen-bond donors (Lipinski definition) is 1. The van der Waals surface area contributed by atoms with Crippen LogP contribution in [0.5, 0.6) is 0 Å². The zero-order chi connectivity index (χ0) is 16.2. The van der Waals surface area contributed by atoms with Crippen molar-refractivity contribution in [1.29, 1.82) is 0 Å². The van der Waals surface area contributed by atoms with Crippen LogP contribution in [0.1, 0.15) is 23.4 Å². The number of rotatable bonds is 5. The summed E-state index contributed by atoms with van der Waals surface area (Å²) >= 11 is 5.02. The number of carbonyl (C=O) groups is 1. The van der Waals surface area contributed by atoms with E-state index in [2.05, 4.69) is 20.9 Å². The molecule has 116 valence electrons. The zero-order valence-corrected chi connectivity index (χ0v) is 14.6. The number of benzene rings is 2. The SMILES string of the molecule is O=C(O)CCC(=Cc1ccc(Br)cc1)c1nc2ccccc2s1. The predicted molar refractivity (Wildman–Crippen MR) is 98.5 cm³/mol. The van der Waals surface area contributed by atoms with Gasteiger partial charge in [-0.25, -0.2) is 4.98 Å². The van der Waals surface area contributed by atoms with Gasteiger partial charge in [-0.05, 0) is 47.9 Å². The van der Waals surface area contributed by atoms with Gasteiger partial charge in [-0.15, -0.1) is 11.3 Å². The molecule has 0 radical (unpaired) electrons. The van der Waals surface area contributed by atoms with E-state index < -0.39 is 5.97 Å². The summed E-state index contributed by atoms with van der Waals surface area (Å²) in [4.78, 5) is 15.6. The number of nitrogens with zero attached hydrogens (tertiary/aromatic N) is 1. The summed E-state index contributed by atoms with van der Waals surface area (Å²) in [6.45, 7) is 0. The first-order valence-corrected chi connectivity index (χ1v) is 8.76. The maximum Gasteiger partial charge on any atom is 0.303 e. The van der Waals surface area contributed by atoms with Crippen LogP contribution in [0.2, 0.25) is 0 Å². The second-order valence-electron chi connectivity index (χ2n) is 5.10. The lowest BCUT2D eigenvalue weighted by atomic mass is 10.1. The Labute approximate surface area is 146 Å². The summed E-state index contributed by atoms with van der Waals surface area (Å²) in [5.41, 5.74) is 2.94. The van der Waals surface area contributed by atoms with Crippen molar-refractivity contribution in [2.75, 3.05) is 0 Å². The molecule has 1 aromatic heterocycles. The van der Waals surface area contributed by atoms with Gasteiger partial charge in [0.2, 0.25) is 0 Å². The highest BCUT2D eigenvalue weighted by atomic mass is 79.9. The Morgan fingerprint density at radius 3 is 2.57 bits per heavy atom. The average Bonchev–Trinajstić information content (AvgIpc) is 2.97. The summed E-state index contributed by atoms with van der Waals surface area (Å²) in [5.74, 6) is -0.798. The van der Waals surface area contributed by atoms with Crippen molar-refractivity contribution in [2.45, 2.75) is 12.8 Å². The Balaban J connectivity index is 2.00. The van der Waals surface area contributed by atoms with Crippen molar-refractivity contribution >= 4 is 55.1 Å². The van der Waals surface area contributed by atoms with Crippen LogP contribution in [0.25, 0.3) is 21.9 Å². The van der Waals surface area contributed by atoms with Crippen LogP contribution in [0.4, 0.5) is 0 Å². The van der Waals surface area contributed by atoms with Crippen LogP contribution in [0.3, 0.4) is 0 Å². The maximum atomic E-state index is 11.0. The number of halogens is 1.